The molecule has 16 heavy (non-hydrogen) atoms. The summed E-state index contributed by atoms with van der Waals surface area (Å²) >= 11 is 3.42. The van der Waals surface area contributed by atoms with Gasteiger partial charge in [0.15, 0.2) is 0 Å². The molecule has 0 fully saturated rings. The van der Waals surface area contributed by atoms with E-state index in [-0.39, 0.29) is 6.10 Å². The minimum atomic E-state index is 0.239. The van der Waals surface area contributed by atoms with E-state index >= 15 is 0 Å². The first-order valence-corrected chi connectivity index (χ1v) is 6.00. The molecular formula is C12H17BrO3. The summed E-state index contributed by atoms with van der Waals surface area (Å²) in [5.41, 5.74) is 0. The van der Waals surface area contributed by atoms with Gasteiger partial charge in [0, 0.05) is 0 Å². The van der Waals surface area contributed by atoms with Gasteiger partial charge in [-0.05, 0) is 48.0 Å². The minimum absolute atomic E-state index is 0.239. The van der Waals surface area contributed by atoms with E-state index in [1.54, 1.807) is 7.11 Å². The smallest absolute Gasteiger partial charge is 0.133 e. The largest absolute Gasteiger partial charge is 0.497 e. The lowest BCUT2D eigenvalue weighted by Gasteiger charge is -2.11. The Labute approximate surface area is 105 Å². The molecule has 0 aromatic heterocycles. The Morgan fingerprint density at radius 2 is 2.00 bits per heavy atom. The summed E-state index contributed by atoms with van der Waals surface area (Å²) in [6.07, 6.45) is 0.239. The van der Waals surface area contributed by atoms with Crippen molar-refractivity contribution in [3.8, 4) is 11.5 Å². The molecule has 1 aromatic rings. The number of halogens is 1. The van der Waals surface area contributed by atoms with Crippen molar-refractivity contribution in [2.75, 3.05) is 20.3 Å². The van der Waals surface area contributed by atoms with Gasteiger partial charge in [0.05, 0.1) is 24.3 Å². The number of benzene rings is 1. The number of hydrogen-bond acceptors (Lipinski definition) is 3. The molecule has 0 aliphatic rings. The normalized spacial score (nSPS) is 10.6. The van der Waals surface area contributed by atoms with Gasteiger partial charge in [0.25, 0.3) is 0 Å². The molecule has 0 N–H and O–H groups in total. The highest BCUT2D eigenvalue weighted by Crippen LogP contribution is 2.28. The number of rotatable bonds is 6. The highest BCUT2D eigenvalue weighted by Gasteiger charge is 2.03. The predicted octanol–water partition coefficient (Wildman–Crippen LogP) is 3.26. The summed E-state index contributed by atoms with van der Waals surface area (Å²) in [5, 5.41) is 0. The fraction of sp³-hybridized carbons (Fsp3) is 0.500. The maximum Gasteiger partial charge on any atom is 0.133 e. The Morgan fingerprint density at radius 3 is 2.56 bits per heavy atom. The molecule has 0 saturated heterocycles. The van der Waals surface area contributed by atoms with Crippen molar-refractivity contribution in [1.29, 1.82) is 0 Å². The van der Waals surface area contributed by atoms with Crippen molar-refractivity contribution >= 4 is 15.9 Å². The first-order valence-electron chi connectivity index (χ1n) is 5.21. The van der Waals surface area contributed by atoms with Gasteiger partial charge in [-0.15, -0.1) is 0 Å². The van der Waals surface area contributed by atoms with Crippen molar-refractivity contribution < 1.29 is 14.2 Å². The van der Waals surface area contributed by atoms with E-state index in [1.807, 2.05) is 32.0 Å². The van der Waals surface area contributed by atoms with Gasteiger partial charge in [-0.25, -0.2) is 0 Å². The van der Waals surface area contributed by atoms with Gasteiger partial charge in [-0.2, -0.15) is 0 Å². The maximum absolute atomic E-state index is 5.56. The van der Waals surface area contributed by atoms with Gasteiger partial charge in [-0.1, -0.05) is 0 Å². The van der Waals surface area contributed by atoms with E-state index in [0.717, 1.165) is 16.0 Å². The molecule has 1 rings (SSSR count). The summed E-state index contributed by atoms with van der Waals surface area (Å²) in [4.78, 5) is 0. The second kappa shape index (κ2) is 6.76. The van der Waals surface area contributed by atoms with Gasteiger partial charge in [0.1, 0.15) is 18.1 Å². The third-order valence-electron chi connectivity index (χ3n) is 1.93. The third-order valence-corrected chi connectivity index (χ3v) is 2.55. The van der Waals surface area contributed by atoms with E-state index in [9.17, 15) is 0 Å². The van der Waals surface area contributed by atoms with Crippen molar-refractivity contribution in [2.45, 2.75) is 20.0 Å². The van der Waals surface area contributed by atoms with Gasteiger partial charge >= 0.3 is 0 Å². The Kier molecular flexibility index (Phi) is 5.63. The van der Waals surface area contributed by atoms with Crippen molar-refractivity contribution in [2.24, 2.45) is 0 Å². The lowest BCUT2D eigenvalue weighted by Crippen LogP contribution is -2.11. The lowest BCUT2D eigenvalue weighted by atomic mass is 10.3. The molecule has 0 saturated carbocycles. The molecule has 0 aliphatic carbocycles. The monoisotopic (exact) mass is 288 g/mol. The summed E-state index contributed by atoms with van der Waals surface area (Å²) in [6, 6.07) is 5.61. The molecule has 0 atom stereocenters. The molecule has 0 bridgehead atoms. The first kappa shape index (κ1) is 13.3. The van der Waals surface area contributed by atoms with Crippen LogP contribution in [0.5, 0.6) is 11.5 Å². The zero-order valence-electron chi connectivity index (χ0n) is 9.83. The first-order chi connectivity index (χ1) is 7.63. The summed E-state index contributed by atoms with van der Waals surface area (Å²) in [7, 11) is 1.64. The Hall–Kier alpha value is -0.740. The zero-order valence-corrected chi connectivity index (χ0v) is 11.4. The maximum atomic E-state index is 5.56. The highest BCUT2D eigenvalue weighted by molar-refractivity contribution is 9.10. The molecule has 0 aliphatic heterocycles. The summed E-state index contributed by atoms with van der Waals surface area (Å²) in [6.45, 7) is 5.14. The van der Waals surface area contributed by atoms with Crippen LogP contribution in [0.1, 0.15) is 13.8 Å². The molecule has 0 amide bonds. The van der Waals surface area contributed by atoms with Crippen LogP contribution in [-0.2, 0) is 4.74 Å². The molecule has 0 heterocycles. The quantitative estimate of drug-likeness (QED) is 0.752. The third kappa shape index (κ3) is 4.41. The van der Waals surface area contributed by atoms with Crippen molar-refractivity contribution in [3.05, 3.63) is 22.7 Å². The fourth-order valence-corrected chi connectivity index (χ4v) is 1.63. The van der Waals surface area contributed by atoms with Crippen LogP contribution in [0.2, 0.25) is 0 Å². The van der Waals surface area contributed by atoms with E-state index in [4.69, 9.17) is 14.2 Å². The van der Waals surface area contributed by atoms with E-state index in [0.29, 0.717) is 13.2 Å². The predicted molar refractivity (Wildman–Crippen MR) is 67.3 cm³/mol. The van der Waals surface area contributed by atoms with Gasteiger partial charge in [-0.3, -0.25) is 0 Å². The van der Waals surface area contributed by atoms with Crippen LogP contribution in [0.4, 0.5) is 0 Å². The van der Waals surface area contributed by atoms with Crippen LogP contribution in [0.25, 0.3) is 0 Å². The van der Waals surface area contributed by atoms with Crippen LogP contribution in [0.3, 0.4) is 0 Å². The molecule has 0 spiro atoms. The Bertz CT molecular complexity index is 326. The van der Waals surface area contributed by atoms with E-state index in [1.165, 1.54) is 0 Å². The SMILES string of the molecule is COc1ccc(OCCOC(C)C)c(Br)c1. The van der Waals surface area contributed by atoms with E-state index in [2.05, 4.69) is 15.9 Å². The molecule has 3 nitrogen and oxygen atoms in total. The van der Waals surface area contributed by atoms with Crippen LogP contribution in [-0.4, -0.2) is 26.4 Å². The molecular weight excluding hydrogens is 272 g/mol. The Balaban J connectivity index is 2.42. The van der Waals surface area contributed by atoms with Crippen molar-refractivity contribution in [3.63, 3.8) is 0 Å². The second-order valence-corrected chi connectivity index (χ2v) is 4.42. The molecule has 90 valence electrons. The molecule has 0 unspecified atom stereocenters. The summed E-state index contributed by atoms with van der Waals surface area (Å²) in [5.74, 6) is 1.60. The molecule has 4 heteroatoms. The van der Waals surface area contributed by atoms with Crippen LogP contribution in [0, 0.1) is 0 Å². The topological polar surface area (TPSA) is 27.7 Å². The zero-order chi connectivity index (χ0) is 12.0. The van der Waals surface area contributed by atoms with Crippen molar-refractivity contribution in [1.82, 2.24) is 0 Å². The minimum Gasteiger partial charge on any atom is -0.497 e. The lowest BCUT2D eigenvalue weighted by molar-refractivity contribution is 0.0551. The number of ether oxygens (including phenoxy) is 3. The Morgan fingerprint density at radius 1 is 1.25 bits per heavy atom. The molecule has 0 radical (unpaired) electrons. The second-order valence-electron chi connectivity index (χ2n) is 3.56. The van der Waals surface area contributed by atoms with E-state index < -0.39 is 0 Å². The van der Waals surface area contributed by atoms with Crippen LogP contribution >= 0.6 is 15.9 Å². The van der Waals surface area contributed by atoms with Gasteiger partial charge in [0.2, 0.25) is 0 Å². The highest BCUT2D eigenvalue weighted by atomic mass is 79.9. The average Bonchev–Trinajstić information content (AvgIpc) is 2.25. The van der Waals surface area contributed by atoms with Gasteiger partial charge < -0.3 is 14.2 Å². The number of methoxy groups -OCH3 is 1. The van der Waals surface area contributed by atoms with Crippen LogP contribution < -0.4 is 9.47 Å². The molecule has 1 aromatic carbocycles. The fourth-order valence-electron chi connectivity index (χ4n) is 1.16. The summed E-state index contributed by atoms with van der Waals surface area (Å²) < 4.78 is 16.9. The number of hydrogen-bond donors (Lipinski definition) is 0. The standard InChI is InChI=1S/C12H17BrO3/c1-9(2)15-6-7-16-12-5-4-10(14-3)8-11(12)13/h4-5,8-9H,6-7H2,1-3H3. The van der Waals surface area contributed by atoms with Crippen LogP contribution in [0.15, 0.2) is 22.7 Å². The average molecular weight is 289 g/mol.